The van der Waals surface area contributed by atoms with E-state index in [0.717, 1.165) is 48.8 Å². The third kappa shape index (κ3) is 4.64. The van der Waals surface area contributed by atoms with E-state index in [9.17, 15) is 4.79 Å². The van der Waals surface area contributed by atoms with Gasteiger partial charge in [0.1, 0.15) is 18.2 Å². The maximum Gasteiger partial charge on any atom is 0.291 e. The molecule has 2 aromatic carbocycles. The van der Waals surface area contributed by atoms with Crippen molar-refractivity contribution in [2.75, 3.05) is 5.32 Å². The summed E-state index contributed by atoms with van der Waals surface area (Å²) in [4.78, 5) is 12.9. The van der Waals surface area contributed by atoms with Crippen LogP contribution < -0.4 is 10.1 Å². The molecule has 8 heteroatoms. The Kier molecular flexibility index (Phi) is 6.13. The molecule has 7 nitrogen and oxygen atoms in total. The first-order valence-corrected chi connectivity index (χ1v) is 11.3. The largest absolute Gasteiger partial charge is 0.489 e. The van der Waals surface area contributed by atoms with Crippen molar-refractivity contribution in [3.05, 3.63) is 83.0 Å². The molecule has 0 saturated heterocycles. The van der Waals surface area contributed by atoms with Crippen LogP contribution in [0.3, 0.4) is 0 Å². The van der Waals surface area contributed by atoms with Gasteiger partial charge in [0.15, 0.2) is 11.6 Å². The highest BCUT2D eigenvalue weighted by Crippen LogP contribution is 2.31. The lowest BCUT2D eigenvalue weighted by Gasteiger charge is -2.11. The number of furan rings is 1. The number of hydrogen-bond acceptors (Lipinski definition) is 5. The molecule has 168 valence electrons. The quantitative estimate of drug-likeness (QED) is 0.394. The number of nitrogens with one attached hydrogen (secondary N) is 1. The molecule has 1 amide bonds. The minimum Gasteiger partial charge on any atom is -0.489 e. The van der Waals surface area contributed by atoms with Crippen LogP contribution in [0.1, 0.15) is 41.2 Å². The van der Waals surface area contributed by atoms with Gasteiger partial charge in [-0.25, -0.2) is 0 Å². The van der Waals surface area contributed by atoms with Crippen LogP contribution in [0.2, 0.25) is 5.02 Å². The number of fused-ring (bicyclic) bond motifs is 1. The molecule has 0 saturated carbocycles. The fraction of sp³-hybridized carbons (Fsp3) is 0.240. The molecule has 0 fully saturated rings. The first-order valence-electron chi connectivity index (χ1n) is 11.0. The van der Waals surface area contributed by atoms with Crippen LogP contribution in [0, 0.1) is 0 Å². The Morgan fingerprint density at radius 3 is 2.85 bits per heavy atom. The molecule has 0 unspecified atom stereocenters. The van der Waals surface area contributed by atoms with Gasteiger partial charge in [-0.1, -0.05) is 36.2 Å². The number of halogens is 1. The highest BCUT2D eigenvalue weighted by Gasteiger charge is 2.20. The number of aryl methyl sites for hydroxylation is 1. The number of anilines is 1. The number of amides is 1. The highest BCUT2D eigenvalue weighted by molar-refractivity contribution is 6.33. The van der Waals surface area contributed by atoms with Gasteiger partial charge in [-0.05, 0) is 49.2 Å². The molecule has 3 heterocycles. The van der Waals surface area contributed by atoms with Crippen molar-refractivity contribution in [2.45, 2.75) is 38.8 Å². The second kappa shape index (κ2) is 9.50. The Hall–Kier alpha value is -3.58. The molecule has 1 aliphatic heterocycles. The van der Waals surface area contributed by atoms with Crippen molar-refractivity contribution in [1.82, 2.24) is 14.8 Å². The van der Waals surface area contributed by atoms with Gasteiger partial charge in [0.25, 0.3) is 5.91 Å². The van der Waals surface area contributed by atoms with E-state index in [4.69, 9.17) is 20.8 Å². The summed E-state index contributed by atoms with van der Waals surface area (Å²) in [5.41, 5.74) is 1.99. The minimum absolute atomic E-state index is 0.207. The predicted molar refractivity (Wildman–Crippen MR) is 125 cm³/mol. The number of rotatable bonds is 6. The first-order chi connectivity index (χ1) is 16.2. The predicted octanol–water partition coefficient (Wildman–Crippen LogP) is 5.75. The third-order valence-corrected chi connectivity index (χ3v) is 5.99. The number of carbonyl (C=O) groups is 1. The second-order valence-corrected chi connectivity index (χ2v) is 8.33. The number of ether oxygens (including phenoxy) is 1. The molecule has 5 rings (SSSR count). The first kappa shape index (κ1) is 21.3. The summed E-state index contributed by atoms with van der Waals surface area (Å²) >= 11 is 6.50. The lowest BCUT2D eigenvalue weighted by molar-refractivity contribution is 0.0993. The van der Waals surface area contributed by atoms with E-state index in [1.54, 1.807) is 18.2 Å². The molecule has 0 atom stereocenters. The molecule has 1 N–H and O–H groups in total. The molecule has 2 aromatic heterocycles. The maximum atomic E-state index is 12.9. The second-order valence-electron chi connectivity index (χ2n) is 7.93. The topological polar surface area (TPSA) is 82.2 Å². The molecule has 1 aliphatic rings. The summed E-state index contributed by atoms with van der Waals surface area (Å²) in [7, 11) is 0. The van der Waals surface area contributed by atoms with E-state index >= 15 is 0 Å². The normalized spacial score (nSPS) is 13.2. The van der Waals surface area contributed by atoms with Gasteiger partial charge in [-0.3, -0.25) is 4.79 Å². The van der Waals surface area contributed by atoms with Gasteiger partial charge < -0.3 is 19.0 Å². The fourth-order valence-corrected chi connectivity index (χ4v) is 4.17. The van der Waals surface area contributed by atoms with Crippen LogP contribution in [-0.2, 0) is 19.6 Å². The van der Waals surface area contributed by atoms with E-state index in [1.165, 1.54) is 12.7 Å². The number of aromatic nitrogens is 3. The zero-order valence-corrected chi connectivity index (χ0v) is 18.7. The average molecular weight is 463 g/mol. The minimum atomic E-state index is -0.361. The number of benzene rings is 2. The monoisotopic (exact) mass is 462 g/mol. The SMILES string of the molecule is O=C(Nc1ccc(Cl)c(-c2nnc3n2CCCCC3)c1)c1occc1COc1ccccc1. The average Bonchev–Trinajstić information content (AvgIpc) is 3.40. The summed E-state index contributed by atoms with van der Waals surface area (Å²) in [5, 5.41) is 12.2. The van der Waals surface area contributed by atoms with Crippen LogP contribution in [0.5, 0.6) is 5.75 Å². The Bertz CT molecular complexity index is 1270. The Morgan fingerprint density at radius 1 is 1.09 bits per heavy atom. The summed E-state index contributed by atoms with van der Waals surface area (Å²) in [5.74, 6) is 2.27. The van der Waals surface area contributed by atoms with Crippen molar-refractivity contribution in [3.8, 4) is 17.1 Å². The summed E-state index contributed by atoms with van der Waals surface area (Å²) in [6.07, 6.45) is 5.76. The van der Waals surface area contributed by atoms with Crippen molar-refractivity contribution < 1.29 is 13.9 Å². The number of hydrogen-bond donors (Lipinski definition) is 1. The van der Waals surface area contributed by atoms with Crippen LogP contribution in [0.4, 0.5) is 5.69 Å². The summed E-state index contributed by atoms with van der Waals surface area (Å²) in [6.45, 7) is 1.09. The zero-order valence-electron chi connectivity index (χ0n) is 18.0. The van der Waals surface area contributed by atoms with E-state index in [0.29, 0.717) is 16.3 Å². The molecule has 0 bridgehead atoms. The van der Waals surface area contributed by atoms with Gasteiger partial charge in [-0.2, -0.15) is 0 Å². The molecule has 0 spiro atoms. The van der Waals surface area contributed by atoms with Crippen molar-refractivity contribution >= 4 is 23.2 Å². The fourth-order valence-electron chi connectivity index (χ4n) is 3.97. The summed E-state index contributed by atoms with van der Waals surface area (Å²) < 4.78 is 13.4. The van der Waals surface area contributed by atoms with Crippen LogP contribution >= 0.6 is 11.6 Å². The van der Waals surface area contributed by atoms with Crippen molar-refractivity contribution in [2.24, 2.45) is 0 Å². The van der Waals surface area contributed by atoms with Crippen LogP contribution in [0.25, 0.3) is 11.4 Å². The van der Waals surface area contributed by atoms with Crippen LogP contribution in [-0.4, -0.2) is 20.7 Å². The van der Waals surface area contributed by atoms with E-state index in [2.05, 4.69) is 20.1 Å². The molecule has 0 radical (unpaired) electrons. The van der Waals surface area contributed by atoms with Gasteiger partial charge in [-0.15, -0.1) is 10.2 Å². The zero-order chi connectivity index (χ0) is 22.6. The molecular weight excluding hydrogens is 440 g/mol. The molecule has 33 heavy (non-hydrogen) atoms. The third-order valence-electron chi connectivity index (χ3n) is 5.67. The lowest BCUT2D eigenvalue weighted by atomic mass is 10.1. The van der Waals surface area contributed by atoms with Crippen molar-refractivity contribution in [1.29, 1.82) is 0 Å². The van der Waals surface area contributed by atoms with Gasteiger partial charge in [0.2, 0.25) is 0 Å². The van der Waals surface area contributed by atoms with E-state index in [-0.39, 0.29) is 18.3 Å². The molecule has 0 aliphatic carbocycles. The van der Waals surface area contributed by atoms with Gasteiger partial charge >= 0.3 is 0 Å². The van der Waals surface area contributed by atoms with Crippen molar-refractivity contribution in [3.63, 3.8) is 0 Å². The van der Waals surface area contributed by atoms with E-state index in [1.807, 2.05) is 36.4 Å². The highest BCUT2D eigenvalue weighted by atomic mass is 35.5. The smallest absolute Gasteiger partial charge is 0.291 e. The Labute approximate surface area is 196 Å². The van der Waals surface area contributed by atoms with E-state index < -0.39 is 0 Å². The molecule has 4 aromatic rings. The van der Waals surface area contributed by atoms with Gasteiger partial charge in [0, 0.05) is 29.8 Å². The Morgan fingerprint density at radius 2 is 1.97 bits per heavy atom. The number of para-hydroxylation sites is 1. The maximum absolute atomic E-state index is 12.9. The number of nitrogens with zero attached hydrogens (tertiary/aromatic N) is 3. The summed E-state index contributed by atoms with van der Waals surface area (Å²) in [6, 6.07) is 16.5. The lowest BCUT2D eigenvalue weighted by Crippen LogP contribution is -2.14. The molecular formula is C25H23ClN4O3. The number of carbonyl (C=O) groups excluding carboxylic acids is 1. The van der Waals surface area contributed by atoms with Gasteiger partial charge in [0.05, 0.1) is 11.3 Å². The van der Waals surface area contributed by atoms with Crippen LogP contribution in [0.15, 0.2) is 65.3 Å². The Balaban J connectivity index is 1.34. The standard InChI is InChI=1S/C25H23ClN4O3/c26-21-11-10-18(15-20(21)24-29-28-22-9-5-2-6-13-30(22)24)27-25(31)23-17(12-14-32-23)16-33-19-7-3-1-4-8-19/h1,3-4,7-8,10-12,14-15H,2,5-6,9,13,16H2,(H,27,31).